The maximum atomic E-state index is 11.8. The van der Waals surface area contributed by atoms with E-state index in [2.05, 4.69) is 9.47 Å². The van der Waals surface area contributed by atoms with Gasteiger partial charge in [0.1, 0.15) is 5.75 Å². The molecule has 0 bridgehead atoms. The first-order valence-corrected chi connectivity index (χ1v) is 6.50. The second-order valence-corrected chi connectivity index (χ2v) is 5.79. The molecular formula is C9H14O6S. The molecule has 1 unspecified atom stereocenters. The normalized spacial score (nSPS) is 17.6. The molecule has 1 rings (SSSR count). The van der Waals surface area contributed by atoms with Gasteiger partial charge in [-0.25, -0.2) is 8.42 Å². The SMILES string of the molecule is COC(=O)CS(=O)(=O)C(C(=O)OC)C1CC1. The van der Waals surface area contributed by atoms with Gasteiger partial charge in [-0.1, -0.05) is 0 Å². The minimum atomic E-state index is -3.83. The van der Waals surface area contributed by atoms with Gasteiger partial charge >= 0.3 is 11.9 Å². The fourth-order valence-corrected chi connectivity index (χ4v) is 3.33. The molecule has 1 aliphatic carbocycles. The van der Waals surface area contributed by atoms with Crippen molar-refractivity contribution < 1.29 is 27.5 Å². The quantitative estimate of drug-likeness (QED) is 0.613. The summed E-state index contributed by atoms with van der Waals surface area (Å²) in [6.07, 6.45) is 1.33. The molecule has 0 amide bonds. The third kappa shape index (κ3) is 2.94. The predicted molar refractivity (Wildman–Crippen MR) is 54.3 cm³/mol. The Bertz CT molecular complexity index is 381. The zero-order valence-corrected chi connectivity index (χ0v) is 9.95. The minimum Gasteiger partial charge on any atom is -0.468 e. The van der Waals surface area contributed by atoms with E-state index < -0.39 is 32.8 Å². The Kier molecular flexibility index (Phi) is 3.90. The molecule has 1 atom stereocenters. The van der Waals surface area contributed by atoms with Crippen LogP contribution in [0.25, 0.3) is 0 Å². The lowest BCUT2D eigenvalue weighted by atomic mass is 10.3. The van der Waals surface area contributed by atoms with Crippen LogP contribution in [-0.2, 0) is 28.9 Å². The summed E-state index contributed by atoms with van der Waals surface area (Å²) in [5.41, 5.74) is 0. The summed E-state index contributed by atoms with van der Waals surface area (Å²) in [4.78, 5) is 22.3. The van der Waals surface area contributed by atoms with Gasteiger partial charge in [0.25, 0.3) is 0 Å². The van der Waals surface area contributed by atoms with Crippen molar-refractivity contribution in [2.45, 2.75) is 18.1 Å². The number of carbonyl (C=O) groups is 2. The lowest BCUT2D eigenvalue weighted by Gasteiger charge is -2.13. The van der Waals surface area contributed by atoms with Gasteiger partial charge in [-0.15, -0.1) is 0 Å². The van der Waals surface area contributed by atoms with Crippen molar-refractivity contribution in [3.63, 3.8) is 0 Å². The smallest absolute Gasteiger partial charge is 0.324 e. The van der Waals surface area contributed by atoms with Crippen molar-refractivity contribution in [2.24, 2.45) is 5.92 Å². The molecule has 0 heterocycles. The van der Waals surface area contributed by atoms with Gasteiger partial charge in [-0.2, -0.15) is 0 Å². The maximum Gasteiger partial charge on any atom is 0.324 e. The molecule has 16 heavy (non-hydrogen) atoms. The molecule has 0 aliphatic heterocycles. The van der Waals surface area contributed by atoms with Crippen molar-refractivity contribution in [2.75, 3.05) is 20.0 Å². The number of ether oxygens (including phenoxy) is 2. The van der Waals surface area contributed by atoms with Gasteiger partial charge in [-0.3, -0.25) is 9.59 Å². The van der Waals surface area contributed by atoms with Crippen LogP contribution in [0, 0.1) is 5.92 Å². The summed E-state index contributed by atoms with van der Waals surface area (Å²) in [7, 11) is -1.60. The second kappa shape index (κ2) is 4.82. The number of hydrogen-bond acceptors (Lipinski definition) is 6. The standard InChI is InChI=1S/C9H14O6S/c1-14-7(10)5-16(12,13)8(6-3-4-6)9(11)15-2/h6,8H,3-5H2,1-2H3. The molecule has 0 spiro atoms. The first-order chi connectivity index (χ1) is 7.42. The highest BCUT2D eigenvalue weighted by atomic mass is 32.2. The highest BCUT2D eigenvalue weighted by Crippen LogP contribution is 2.37. The number of sulfone groups is 1. The van der Waals surface area contributed by atoms with Gasteiger partial charge in [0.2, 0.25) is 0 Å². The van der Waals surface area contributed by atoms with E-state index in [1.54, 1.807) is 0 Å². The minimum absolute atomic E-state index is 0.220. The highest BCUT2D eigenvalue weighted by Gasteiger charge is 2.46. The van der Waals surface area contributed by atoms with Crippen LogP contribution in [-0.4, -0.2) is 45.6 Å². The van der Waals surface area contributed by atoms with E-state index in [0.29, 0.717) is 12.8 Å². The van der Waals surface area contributed by atoms with Crippen molar-refractivity contribution in [1.29, 1.82) is 0 Å². The van der Waals surface area contributed by atoms with Crippen molar-refractivity contribution >= 4 is 21.8 Å². The summed E-state index contributed by atoms with van der Waals surface area (Å²) in [5.74, 6) is -2.66. The third-order valence-corrected chi connectivity index (χ3v) is 4.41. The van der Waals surface area contributed by atoms with Gasteiger partial charge in [0.15, 0.2) is 15.1 Å². The molecule has 7 heteroatoms. The Labute approximate surface area is 93.8 Å². The number of methoxy groups -OCH3 is 2. The molecule has 1 aliphatic rings. The Balaban J connectivity index is 2.84. The number of carbonyl (C=O) groups excluding carboxylic acids is 2. The monoisotopic (exact) mass is 250 g/mol. The van der Waals surface area contributed by atoms with E-state index >= 15 is 0 Å². The maximum absolute atomic E-state index is 11.8. The molecule has 0 aromatic carbocycles. The Morgan fingerprint density at radius 1 is 1.25 bits per heavy atom. The second-order valence-electron chi connectivity index (χ2n) is 3.66. The summed E-state index contributed by atoms with van der Waals surface area (Å²) in [6.45, 7) is 0. The summed E-state index contributed by atoms with van der Waals surface area (Å²) in [6, 6.07) is 0. The topological polar surface area (TPSA) is 86.7 Å². The molecule has 0 saturated heterocycles. The first-order valence-electron chi connectivity index (χ1n) is 4.78. The van der Waals surface area contributed by atoms with Crippen LogP contribution in [0.4, 0.5) is 0 Å². The van der Waals surface area contributed by atoms with Gasteiger partial charge in [0, 0.05) is 0 Å². The van der Waals surface area contributed by atoms with Gasteiger partial charge < -0.3 is 9.47 Å². The van der Waals surface area contributed by atoms with Crippen LogP contribution in [0.2, 0.25) is 0 Å². The first kappa shape index (κ1) is 13.0. The molecule has 92 valence electrons. The number of hydrogen-bond donors (Lipinski definition) is 0. The molecule has 1 saturated carbocycles. The van der Waals surface area contributed by atoms with E-state index in [-0.39, 0.29) is 5.92 Å². The van der Waals surface area contributed by atoms with Crippen LogP contribution in [0.3, 0.4) is 0 Å². The van der Waals surface area contributed by atoms with Crippen LogP contribution >= 0.6 is 0 Å². The average Bonchev–Trinajstić information content (AvgIpc) is 3.00. The molecule has 0 N–H and O–H groups in total. The van der Waals surface area contributed by atoms with Crippen molar-refractivity contribution in [1.82, 2.24) is 0 Å². The molecule has 1 fully saturated rings. The Hall–Kier alpha value is -1.11. The van der Waals surface area contributed by atoms with Crippen molar-refractivity contribution in [3.8, 4) is 0 Å². The van der Waals surface area contributed by atoms with Crippen LogP contribution < -0.4 is 0 Å². The fraction of sp³-hybridized carbons (Fsp3) is 0.778. The molecule has 0 aromatic heterocycles. The Morgan fingerprint density at radius 2 is 1.81 bits per heavy atom. The molecule has 0 aromatic rings. The lowest BCUT2D eigenvalue weighted by molar-refractivity contribution is -0.140. The van der Waals surface area contributed by atoms with E-state index in [1.165, 1.54) is 0 Å². The molecular weight excluding hydrogens is 236 g/mol. The largest absolute Gasteiger partial charge is 0.468 e. The predicted octanol–water partition coefficient (Wildman–Crippen LogP) is -0.474. The van der Waals surface area contributed by atoms with Crippen LogP contribution in [0.1, 0.15) is 12.8 Å². The van der Waals surface area contributed by atoms with Crippen molar-refractivity contribution in [3.05, 3.63) is 0 Å². The Morgan fingerprint density at radius 3 is 2.19 bits per heavy atom. The number of rotatable bonds is 5. The van der Waals surface area contributed by atoms with E-state index in [1.807, 2.05) is 0 Å². The molecule has 0 radical (unpaired) electrons. The molecule has 6 nitrogen and oxygen atoms in total. The fourth-order valence-electron chi connectivity index (χ4n) is 1.46. The number of esters is 2. The van der Waals surface area contributed by atoms with E-state index in [9.17, 15) is 18.0 Å². The van der Waals surface area contributed by atoms with Gasteiger partial charge in [0.05, 0.1) is 14.2 Å². The highest BCUT2D eigenvalue weighted by molar-refractivity contribution is 7.93. The van der Waals surface area contributed by atoms with E-state index in [4.69, 9.17) is 0 Å². The van der Waals surface area contributed by atoms with Crippen LogP contribution in [0.5, 0.6) is 0 Å². The summed E-state index contributed by atoms with van der Waals surface area (Å²) < 4.78 is 32.3. The van der Waals surface area contributed by atoms with E-state index in [0.717, 1.165) is 14.2 Å². The van der Waals surface area contributed by atoms with Crippen LogP contribution in [0.15, 0.2) is 0 Å². The zero-order valence-electron chi connectivity index (χ0n) is 9.13. The summed E-state index contributed by atoms with van der Waals surface area (Å²) >= 11 is 0. The lowest BCUT2D eigenvalue weighted by Crippen LogP contribution is -2.37. The third-order valence-electron chi connectivity index (χ3n) is 2.42. The summed E-state index contributed by atoms with van der Waals surface area (Å²) in [5, 5.41) is -1.23. The van der Waals surface area contributed by atoms with Gasteiger partial charge in [-0.05, 0) is 18.8 Å². The zero-order chi connectivity index (χ0) is 12.3. The average molecular weight is 250 g/mol.